The highest BCUT2D eigenvalue weighted by molar-refractivity contribution is 7.95. The molecule has 0 aliphatic carbocycles. The largest absolute Gasteiger partial charge is 0.122 e. The first-order valence-electron chi connectivity index (χ1n) is 8.14. The maximum atomic E-state index is 5.89. The molecule has 3 rings (SSSR count). The first-order chi connectivity index (χ1) is 11.9. The summed E-state index contributed by atoms with van der Waals surface area (Å²) in [7, 11) is -1.73. The van der Waals surface area contributed by atoms with Gasteiger partial charge in [-0.05, 0) is 42.5 Å². The molecule has 0 heterocycles. The van der Waals surface area contributed by atoms with Crippen molar-refractivity contribution in [3.63, 3.8) is 0 Å². The van der Waals surface area contributed by atoms with E-state index in [1.165, 1.54) is 15.9 Å². The van der Waals surface area contributed by atoms with E-state index in [1.54, 1.807) is 0 Å². The van der Waals surface area contributed by atoms with Gasteiger partial charge in [-0.15, -0.1) is 11.6 Å². The summed E-state index contributed by atoms with van der Waals surface area (Å²) in [5, 5.41) is 4.21. The van der Waals surface area contributed by atoms with Crippen LogP contribution in [-0.2, 0) is 0 Å². The molecule has 0 spiro atoms. The highest BCUT2D eigenvalue weighted by Crippen LogP contribution is 2.55. The van der Waals surface area contributed by atoms with Crippen molar-refractivity contribution in [2.75, 3.05) is 12.0 Å². The van der Waals surface area contributed by atoms with E-state index in [2.05, 4.69) is 103 Å². The third-order valence-corrected chi connectivity index (χ3v) is 8.70. The maximum Gasteiger partial charge on any atom is 0.115 e. The van der Waals surface area contributed by atoms with Crippen molar-refractivity contribution in [2.24, 2.45) is 0 Å². The fourth-order valence-electron chi connectivity index (χ4n) is 3.11. The molecular formula is C22H21ClP+. The number of hydrogen-bond acceptors (Lipinski definition) is 0. The molecule has 0 amide bonds. The fourth-order valence-corrected chi connectivity index (χ4v) is 7.27. The second-order valence-electron chi connectivity index (χ2n) is 5.62. The smallest absolute Gasteiger partial charge is 0.115 e. The van der Waals surface area contributed by atoms with Crippen LogP contribution in [0.2, 0.25) is 0 Å². The van der Waals surface area contributed by atoms with Crippen LogP contribution in [0, 0.1) is 0 Å². The van der Waals surface area contributed by atoms with Gasteiger partial charge in [0.1, 0.15) is 23.2 Å². The van der Waals surface area contributed by atoms with E-state index in [-0.39, 0.29) is 0 Å². The van der Waals surface area contributed by atoms with Gasteiger partial charge in [-0.1, -0.05) is 60.7 Å². The van der Waals surface area contributed by atoms with Gasteiger partial charge in [0.05, 0.1) is 6.16 Å². The van der Waals surface area contributed by atoms with E-state index in [0.717, 1.165) is 6.16 Å². The third-order valence-electron chi connectivity index (χ3n) is 4.23. The lowest BCUT2D eigenvalue weighted by atomic mass is 10.4. The second-order valence-corrected chi connectivity index (χ2v) is 9.47. The molecule has 0 nitrogen and oxygen atoms in total. The fraction of sp³-hybridized carbons (Fsp3) is 0.0909. The number of halogens is 1. The maximum absolute atomic E-state index is 5.89. The molecule has 0 N–H and O–H groups in total. The monoisotopic (exact) mass is 351 g/mol. The summed E-state index contributed by atoms with van der Waals surface area (Å²) in [6, 6.07) is 32.7. The highest BCUT2D eigenvalue weighted by atomic mass is 35.5. The highest BCUT2D eigenvalue weighted by Gasteiger charge is 2.43. The SMILES string of the molecule is ClC/C=C\C[P+](c1ccccc1)(c1ccccc1)c1ccccc1. The molecule has 120 valence electrons. The normalized spacial score (nSPS) is 11.7. The van der Waals surface area contributed by atoms with Crippen molar-refractivity contribution < 1.29 is 0 Å². The molecule has 0 aromatic heterocycles. The first-order valence-corrected chi connectivity index (χ1v) is 10.6. The van der Waals surface area contributed by atoms with Crippen molar-refractivity contribution >= 4 is 34.8 Å². The molecule has 0 unspecified atom stereocenters. The van der Waals surface area contributed by atoms with Gasteiger partial charge in [-0.2, -0.15) is 0 Å². The van der Waals surface area contributed by atoms with Crippen LogP contribution in [0.3, 0.4) is 0 Å². The number of benzene rings is 3. The summed E-state index contributed by atoms with van der Waals surface area (Å²) in [5.41, 5.74) is 0. The van der Waals surface area contributed by atoms with Crippen LogP contribution in [0.15, 0.2) is 103 Å². The summed E-state index contributed by atoms with van der Waals surface area (Å²) in [4.78, 5) is 0. The minimum Gasteiger partial charge on any atom is -0.122 e. The molecule has 0 saturated heterocycles. The lowest BCUT2D eigenvalue weighted by molar-refractivity contribution is 1.61. The summed E-state index contributed by atoms with van der Waals surface area (Å²) < 4.78 is 0. The summed E-state index contributed by atoms with van der Waals surface area (Å²) >= 11 is 5.89. The van der Waals surface area contributed by atoms with Crippen LogP contribution in [-0.4, -0.2) is 12.0 Å². The van der Waals surface area contributed by atoms with E-state index in [4.69, 9.17) is 11.6 Å². The van der Waals surface area contributed by atoms with Gasteiger partial charge in [0.2, 0.25) is 0 Å². The van der Waals surface area contributed by atoms with Crippen LogP contribution < -0.4 is 15.9 Å². The van der Waals surface area contributed by atoms with Crippen molar-refractivity contribution in [2.45, 2.75) is 0 Å². The minimum atomic E-state index is -1.73. The zero-order valence-corrected chi connectivity index (χ0v) is 15.2. The van der Waals surface area contributed by atoms with Gasteiger partial charge in [0.25, 0.3) is 0 Å². The molecule has 0 radical (unpaired) electrons. The Bertz CT molecular complexity index is 670. The Labute approximate surface area is 150 Å². The molecule has 0 aliphatic rings. The van der Waals surface area contributed by atoms with E-state index >= 15 is 0 Å². The average Bonchev–Trinajstić information content (AvgIpc) is 2.68. The van der Waals surface area contributed by atoms with Crippen LogP contribution in [0.25, 0.3) is 0 Å². The topological polar surface area (TPSA) is 0 Å². The van der Waals surface area contributed by atoms with Gasteiger partial charge >= 0.3 is 0 Å². The van der Waals surface area contributed by atoms with E-state index in [9.17, 15) is 0 Å². The number of hydrogen-bond donors (Lipinski definition) is 0. The second kappa shape index (κ2) is 8.29. The first kappa shape index (κ1) is 17.0. The van der Waals surface area contributed by atoms with Gasteiger partial charge < -0.3 is 0 Å². The Morgan fingerprint density at radius 1 is 0.583 bits per heavy atom. The molecule has 0 aliphatic heterocycles. The lowest BCUT2D eigenvalue weighted by Gasteiger charge is -2.26. The summed E-state index contributed by atoms with van der Waals surface area (Å²) in [6.45, 7) is 0. The van der Waals surface area contributed by atoms with Gasteiger partial charge in [0, 0.05) is 5.88 Å². The van der Waals surface area contributed by atoms with Crippen molar-refractivity contribution in [3.8, 4) is 0 Å². The molecule has 0 bridgehead atoms. The minimum absolute atomic E-state index is 0.554. The molecule has 3 aromatic rings. The quantitative estimate of drug-likeness (QED) is 0.341. The Morgan fingerprint density at radius 3 is 1.29 bits per heavy atom. The molecule has 3 aromatic carbocycles. The number of rotatable bonds is 6. The third kappa shape index (κ3) is 3.46. The summed E-state index contributed by atoms with van der Waals surface area (Å²) in [6.07, 6.45) is 5.29. The van der Waals surface area contributed by atoms with E-state index < -0.39 is 7.26 Å². The zero-order valence-electron chi connectivity index (χ0n) is 13.6. The standard InChI is InChI=1S/C22H21ClP/c23-18-10-11-19-24(20-12-4-1-5-13-20,21-14-6-2-7-15-21)22-16-8-3-9-17-22/h1-17H,18-19H2/q+1/b11-10-. The van der Waals surface area contributed by atoms with Crippen LogP contribution in [0.1, 0.15) is 0 Å². The van der Waals surface area contributed by atoms with Gasteiger partial charge in [-0.3, -0.25) is 0 Å². The molecule has 0 atom stereocenters. The predicted molar refractivity (Wildman–Crippen MR) is 110 cm³/mol. The van der Waals surface area contributed by atoms with Crippen LogP contribution in [0.4, 0.5) is 0 Å². The molecule has 2 heteroatoms. The van der Waals surface area contributed by atoms with E-state index in [1.807, 2.05) is 0 Å². The Kier molecular flexibility index (Phi) is 5.86. The van der Waals surface area contributed by atoms with Gasteiger partial charge in [-0.25, -0.2) is 0 Å². The predicted octanol–water partition coefficient (Wildman–Crippen LogP) is 4.78. The summed E-state index contributed by atoms with van der Waals surface area (Å²) in [5.74, 6) is 0.554. The molecule has 0 fully saturated rings. The van der Waals surface area contributed by atoms with Crippen LogP contribution >= 0.6 is 18.9 Å². The Morgan fingerprint density at radius 2 is 0.958 bits per heavy atom. The Hall–Kier alpha value is -1.88. The Balaban J connectivity index is 2.26. The molecular weight excluding hydrogens is 331 g/mol. The number of allylic oxidation sites excluding steroid dienone is 2. The van der Waals surface area contributed by atoms with Gasteiger partial charge in [0.15, 0.2) is 0 Å². The molecule has 24 heavy (non-hydrogen) atoms. The van der Waals surface area contributed by atoms with Crippen LogP contribution in [0.5, 0.6) is 0 Å². The lowest BCUT2D eigenvalue weighted by Crippen LogP contribution is -2.32. The van der Waals surface area contributed by atoms with E-state index in [0.29, 0.717) is 5.88 Å². The van der Waals surface area contributed by atoms with Crippen molar-refractivity contribution in [1.29, 1.82) is 0 Å². The number of alkyl halides is 1. The molecule has 0 saturated carbocycles. The average molecular weight is 352 g/mol. The van der Waals surface area contributed by atoms with Crippen molar-refractivity contribution in [1.82, 2.24) is 0 Å². The van der Waals surface area contributed by atoms with Crippen molar-refractivity contribution in [3.05, 3.63) is 103 Å². The zero-order chi connectivity index (χ0) is 16.7.